The van der Waals surface area contributed by atoms with Gasteiger partial charge in [-0.1, -0.05) is 40.5 Å². The fourth-order valence-corrected chi connectivity index (χ4v) is 2.80. The molecule has 0 aliphatic heterocycles. The van der Waals surface area contributed by atoms with Crippen molar-refractivity contribution in [2.45, 2.75) is 65.9 Å². The zero-order valence-corrected chi connectivity index (χ0v) is 12.4. The number of rotatable bonds is 5. The summed E-state index contributed by atoms with van der Waals surface area (Å²) in [5.74, 6) is 1.79. The molecular weight excluding hydrogens is 226 g/mol. The Morgan fingerprint density at radius 3 is 2.72 bits per heavy atom. The van der Waals surface area contributed by atoms with Gasteiger partial charge < -0.3 is 10.1 Å². The number of carbonyl (C=O) groups excluding carboxylic acids is 1. The standard InChI is InChI=1S/C15H29NO2/c1-5-6-9-16-15(17)18-14-10-12(4)7-8-13(14)11(2)3/h11-14H,5-10H2,1-4H3,(H,16,17). The lowest BCUT2D eigenvalue weighted by Crippen LogP contribution is -2.39. The van der Waals surface area contributed by atoms with Crippen molar-refractivity contribution < 1.29 is 9.53 Å². The van der Waals surface area contributed by atoms with Gasteiger partial charge in [0.1, 0.15) is 6.10 Å². The highest BCUT2D eigenvalue weighted by Gasteiger charge is 2.33. The molecule has 1 N–H and O–H groups in total. The molecule has 1 fully saturated rings. The summed E-state index contributed by atoms with van der Waals surface area (Å²) in [5.41, 5.74) is 0. The minimum absolute atomic E-state index is 0.107. The van der Waals surface area contributed by atoms with Crippen LogP contribution in [0.15, 0.2) is 0 Å². The third-order valence-electron chi connectivity index (χ3n) is 4.02. The first-order valence-electron chi connectivity index (χ1n) is 7.49. The van der Waals surface area contributed by atoms with Crippen LogP contribution in [0.3, 0.4) is 0 Å². The molecule has 0 saturated heterocycles. The predicted molar refractivity (Wildman–Crippen MR) is 74.5 cm³/mol. The first-order chi connectivity index (χ1) is 8.54. The largest absolute Gasteiger partial charge is 0.446 e. The van der Waals surface area contributed by atoms with Crippen molar-refractivity contribution in [3.8, 4) is 0 Å². The fraction of sp³-hybridized carbons (Fsp3) is 0.933. The van der Waals surface area contributed by atoms with Crippen molar-refractivity contribution in [1.29, 1.82) is 0 Å². The summed E-state index contributed by atoms with van der Waals surface area (Å²) >= 11 is 0. The maximum atomic E-state index is 11.7. The van der Waals surface area contributed by atoms with E-state index in [0.717, 1.165) is 25.8 Å². The molecule has 0 aromatic carbocycles. The average molecular weight is 255 g/mol. The van der Waals surface area contributed by atoms with Gasteiger partial charge >= 0.3 is 6.09 Å². The number of nitrogens with one attached hydrogen (secondary N) is 1. The molecule has 0 aromatic rings. The van der Waals surface area contributed by atoms with E-state index in [9.17, 15) is 4.79 Å². The predicted octanol–water partition coefficient (Wildman–Crippen LogP) is 3.97. The third kappa shape index (κ3) is 4.87. The van der Waals surface area contributed by atoms with E-state index in [4.69, 9.17) is 4.74 Å². The molecule has 1 aliphatic rings. The van der Waals surface area contributed by atoms with Gasteiger partial charge in [0.2, 0.25) is 0 Å². The van der Waals surface area contributed by atoms with Gasteiger partial charge in [-0.15, -0.1) is 0 Å². The lowest BCUT2D eigenvalue weighted by Gasteiger charge is -2.36. The van der Waals surface area contributed by atoms with E-state index >= 15 is 0 Å². The molecule has 106 valence electrons. The van der Waals surface area contributed by atoms with Crippen molar-refractivity contribution >= 4 is 6.09 Å². The Hall–Kier alpha value is -0.730. The molecule has 3 unspecified atom stereocenters. The van der Waals surface area contributed by atoms with Crippen molar-refractivity contribution in [2.24, 2.45) is 17.8 Å². The van der Waals surface area contributed by atoms with E-state index in [-0.39, 0.29) is 12.2 Å². The molecule has 0 radical (unpaired) electrons. The van der Waals surface area contributed by atoms with Gasteiger partial charge in [-0.25, -0.2) is 4.79 Å². The Bertz CT molecular complexity index is 253. The molecule has 0 spiro atoms. The molecule has 3 nitrogen and oxygen atoms in total. The van der Waals surface area contributed by atoms with E-state index in [1.807, 2.05) is 0 Å². The quantitative estimate of drug-likeness (QED) is 0.755. The summed E-state index contributed by atoms with van der Waals surface area (Å²) in [5, 5.41) is 2.84. The number of ether oxygens (including phenoxy) is 1. The van der Waals surface area contributed by atoms with Gasteiger partial charge in [-0.05, 0) is 37.0 Å². The summed E-state index contributed by atoms with van der Waals surface area (Å²) < 4.78 is 5.63. The summed E-state index contributed by atoms with van der Waals surface area (Å²) in [4.78, 5) is 11.7. The minimum atomic E-state index is -0.229. The van der Waals surface area contributed by atoms with E-state index in [1.165, 1.54) is 12.8 Å². The van der Waals surface area contributed by atoms with Crippen molar-refractivity contribution in [3.05, 3.63) is 0 Å². The number of carbonyl (C=O) groups is 1. The zero-order valence-electron chi connectivity index (χ0n) is 12.4. The van der Waals surface area contributed by atoms with Crippen LogP contribution in [-0.4, -0.2) is 18.7 Å². The van der Waals surface area contributed by atoms with Gasteiger partial charge in [0.25, 0.3) is 0 Å². The Balaban J connectivity index is 2.42. The molecule has 1 amide bonds. The second-order valence-corrected chi connectivity index (χ2v) is 6.05. The lowest BCUT2D eigenvalue weighted by molar-refractivity contribution is 0.00624. The minimum Gasteiger partial charge on any atom is -0.446 e. The normalized spacial score (nSPS) is 28.2. The molecule has 3 heteroatoms. The highest BCUT2D eigenvalue weighted by molar-refractivity contribution is 5.67. The molecule has 0 aromatic heterocycles. The monoisotopic (exact) mass is 255 g/mol. The van der Waals surface area contributed by atoms with E-state index in [1.54, 1.807) is 0 Å². The Kier molecular flexibility index (Phi) is 6.51. The van der Waals surface area contributed by atoms with Gasteiger partial charge in [0.05, 0.1) is 0 Å². The second-order valence-electron chi connectivity index (χ2n) is 6.05. The van der Waals surface area contributed by atoms with Crippen LogP contribution in [0, 0.1) is 17.8 Å². The Morgan fingerprint density at radius 1 is 1.39 bits per heavy atom. The van der Waals surface area contributed by atoms with Crippen LogP contribution in [0.1, 0.15) is 59.8 Å². The van der Waals surface area contributed by atoms with E-state index in [0.29, 0.717) is 17.8 Å². The highest BCUT2D eigenvalue weighted by Crippen LogP contribution is 2.35. The van der Waals surface area contributed by atoms with Gasteiger partial charge in [0, 0.05) is 6.54 Å². The molecule has 18 heavy (non-hydrogen) atoms. The van der Waals surface area contributed by atoms with Gasteiger partial charge in [0.15, 0.2) is 0 Å². The lowest BCUT2D eigenvalue weighted by atomic mass is 9.75. The second kappa shape index (κ2) is 7.65. The Morgan fingerprint density at radius 2 is 2.11 bits per heavy atom. The summed E-state index contributed by atoms with van der Waals surface area (Å²) in [6.45, 7) is 9.55. The van der Waals surface area contributed by atoms with Crippen LogP contribution in [-0.2, 0) is 4.74 Å². The SMILES string of the molecule is CCCCNC(=O)OC1CC(C)CCC1C(C)C. The number of unbranched alkanes of at least 4 members (excludes halogenated alkanes) is 1. The first kappa shape index (κ1) is 15.3. The summed E-state index contributed by atoms with van der Waals surface area (Å²) in [6, 6.07) is 0. The van der Waals surface area contributed by atoms with Crippen LogP contribution in [0.5, 0.6) is 0 Å². The van der Waals surface area contributed by atoms with Gasteiger partial charge in [-0.3, -0.25) is 0 Å². The zero-order chi connectivity index (χ0) is 13.5. The number of hydrogen-bond donors (Lipinski definition) is 1. The molecule has 0 heterocycles. The molecule has 0 bridgehead atoms. The highest BCUT2D eigenvalue weighted by atomic mass is 16.6. The molecule has 1 saturated carbocycles. The van der Waals surface area contributed by atoms with Crippen molar-refractivity contribution in [1.82, 2.24) is 5.32 Å². The fourth-order valence-electron chi connectivity index (χ4n) is 2.80. The molecule has 3 atom stereocenters. The molecule has 1 rings (SSSR count). The average Bonchev–Trinajstić information content (AvgIpc) is 2.29. The third-order valence-corrected chi connectivity index (χ3v) is 4.02. The van der Waals surface area contributed by atoms with E-state index in [2.05, 4.69) is 33.0 Å². The van der Waals surface area contributed by atoms with Crippen LogP contribution in [0.25, 0.3) is 0 Å². The number of hydrogen-bond acceptors (Lipinski definition) is 2. The van der Waals surface area contributed by atoms with Crippen molar-refractivity contribution in [3.63, 3.8) is 0 Å². The van der Waals surface area contributed by atoms with Crippen molar-refractivity contribution in [2.75, 3.05) is 6.54 Å². The van der Waals surface area contributed by atoms with E-state index < -0.39 is 0 Å². The Labute approximate surface area is 112 Å². The van der Waals surface area contributed by atoms with Gasteiger partial charge in [-0.2, -0.15) is 0 Å². The summed E-state index contributed by atoms with van der Waals surface area (Å²) in [7, 11) is 0. The first-order valence-corrected chi connectivity index (χ1v) is 7.49. The van der Waals surface area contributed by atoms with Crippen LogP contribution in [0.4, 0.5) is 4.79 Å². The summed E-state index contributed by atoms with van der Waals surface area (Å²) in [6.07, 6.45) is 5.46. The number of amides is 1. The van der Waals surface area contributed by atoms with Crippen LogP contribution >= 0.6 is 0 Å². The molecule has 1 aliphatic carbocycles. The topological polar surface area (TPSA) is 38.3 Å². The van der Waals surface area contributed by atoms with Crippen LogP contribution in [0.2, 0.25) is 0 Å². The maximum Gasteiger partial charge on any atom is 0.407 e. The maximum absolute atomic E-state index is 11.7. The van der Waals surface area contributed by atoms with Crippen LogP contribution < -0.4 is 5.32 Å². The smallest absolute Gasteiger partial charge is 0.407 e. The number of alkyl carbamates (subject to hydrolysis) is 1. The molecular formula is C15H29NO2.